The monoisotopic (exact) mass is 328 g/mol. The zero-order chi connectivity index (χ0) is 15.3. The zero-order valence-corrected chi connectivity index (χ0v) is 13.9. The molecule has 1 unspecified atom stereocenters. The molecular formula is C15H21ClN2O2S. The molecule has 2 N–H and O–H groups in total. The predicted molar refractivity (Wildman–Crippen MR) is 83.8 cm³/mol. The molecule has 2 aliphatic carbocycles. The van der Waals surface area contributed by atoms with E-state index in [2.05, 4.69) is 23.9 Å². The highest BCUT2D eigenvalue weighted by atomic mass is 35.5. The summed E-state index contributed by atoms with van der Waals surface area (Å²) in [6.07, 6.45) is 3.28. The summed E-state index contributed by atoms with van der Waals surface area (Å²) >= 11 is 6.09. The van der Waals surface area contributed by atoms with Gasteiger partial charge >= 0.3 is 0 Å². The van der Waals surface area contributed by atoms with Crippen LogP contribution < -0.4 is 10.0 Å². The molecule has 0 radical (unpaired) electrons. The number of sulfonamides is 1. The predicted octanol–water partition coefficient (Wildman–Crippen LogP) is 2.67. The van der Waals surface area contributed by atoms with Crippen molar-refractivity contribution in [1.29, 1.82) is 0 Å². The van der Waals surface area contributed by atoms with Crippen molar-refractivity contribution in [2.45, 2.75) is 56.6 Å². The molecule has 1 aromatic rings. The molecule has 6 heteroatoms. The minimum absolute atomic E-state index is 0.00631. The number of hydrogen-bond donors (Lipinski definition) is 2. The van der Waals surface area contributed by atoms with Crippen LogP contribution >= 0.6 is 11.6 Å². The highest BCUT2D eigenvalue weighted by Crippen LogP contribution is 2.45. The molecule has 0 saturated heterocycles. The molecule has 1 atom stereocenters. The molecule has 2 fully saturated rings. The lowest BCUT2D eigenvalue weighted by atomic mass is 10.2. The Morgan fingerprint density at radius 2 is 2.00 bits per heavy atom. The summed E-state index contributed by atoms with van der Waals surface area (Å²) in [6, 6.07) is 5.81. The molecule has 2 saturated carbocycles. The summed E-state index contributed by atoms with van der Waals surface area (Å²) in [5, 5.41) is 3.65. The number of hydrogen-bond acceptors (Lipinski definition) is 3. The van der Waals surface area contributed by atoms with E-state index in [4.69, 9.17) is 11.6 Å². The van der Waals surface area contributed by atoms with Crippen molar-refractivity contribution in [1.82, 2.24) is 10.0 Å². The Balaban J connectivity index is 1.77. The number of rotatable bonds is 6. The summed E-state index contributed by atoms with van der Waals surface area (Å²) in [5.41, 5.74) is 0.992. The van der Waals surface area contributed by atoms with E-state index in [1.807, 2.05) is 6.07 Å². The van der Waals surface area contributed by atoms with Gasteiger partial charge in [-0.2, -0.15) is 0 Å². The second-order valence-corrected chi connectivity index (χ2v) is 8.88. The Morgan fingerprint density at radius 1 is 1.33 bits per heavy atom. The van der Waals surface area contributed by atoms with E-state index in [0.717, 1.165) is 12.0 Å². The maximum Gasteiger partial charge on any atom is 0.242 e. The van der Waals surface area contributed by atoms with Crippen molar-refractivity contribution in [3.63, 3.8) is 0 Å². The van der Waals surface area contributed by atoms with Crippen LogP contribution in [0.2, 0.25) is 5.02 Å². The Kier molecular flexibility index (Phi) is 3.81. The highest BCUT2D eigenvalue weighted by molar-refractivity contribution is 7.89. The van der Waals surface area contributed by atoms with E-state index in [1.54, 1.807) is 12.1 Å². The molecule has 0 heterocycles. The first-order chi connectivity index (χ1) is 9.78. The molecule has 116 valence electrons. The minimum Gasteiger partial charge on any atom is -0.310 e. The van der Waals surface area contributed by atoms with Crippen LogP contribution in [0.1, 0.15) is 38.7 Å². The average Bonchev–Trinajstić information content (AvgIpc) is 3.28. The van der Waals surface area contributed by atoms with Gasteiger partial charge in [0, 0.05) is 18.6 Å². The minimum atomic E-state index is -3.55. The second-order valence-electron chi connectivity index (χ2n) is 6.79. The van der Waals surface area contributed by atoms with Crippen molar-refractivity contribution < 1.29 is 8.42 Å². The normalized spacial score (nSPS) is 24.0. The van der Waals surface area contributed by atoms with Gasteiger partial charge < -0.3 is 5.32 Å². The van der Waals surface area contributed by atoms with Crippen molar-refractivity contribution in [2.75, 3.05) is 0 Å². The van der Waals surface area contributed by atoms with E-state index in [1.165, 1.54) is 12.8 Å². The molecule has 0 spiro atoms. The van der Waals surface area contributed by atoms with Crippen LogP contribution in [0.5, 0.6) is 0 Å². The van der Waals surface area contributed by atoms with Gasteiger partial charge in [-0.1, -0.05) is 31.5 Å². The highest BCUT2D eigenvalue weighted by Gasteiger charge is 2.48. The molecule has 0 bridgehead atoms. The summed E-state index contributed by atoms with van der Waals surface area (Å²) in [5.74, 6) is 0. The van der Waals surface area contributed by atoms with Crippen LogP contribution in [0, 0.1) is 5.41 Å². The van der Waals surface area contributed by atoms with Gasteiger partial charge in [0.15, 0.2) is 0 Å². The van der Waals surface area contributed by atoms with E-state index < -0.39 is 10.0 Å². The molecule has 2 aliphatic rings. The van der Waals surface area contributed by atoms with Gasteiger partial charge in [-0.15, -0.1) is 0 Å². The quantitative estimate of drug-likeness (QED) is 0.844. The molecule has 1 aromatic carbocycles. The summed E-state index contributed by atoms with van der Waals surface area (Å²) in [7, 11) is -3.55. The molecule has 4 nitrogen and oxygen atoms in total. The Morgan fingerprint density at radius 3 is 2.57 bits per heavy atom. The molecule has 21 heavy (non-hydrogen) atoms. The van der Waals surface area contributed by atoms with Crippen LogP contribution in [-0.4, -0.2) is 20.5 Å². The van der Waals surface area contributed by atoms with Crippen LogP contribution in [0.3, 0.4) is 0 Å². The van der Waals surface area contributed by atoms with Gasteiger partial charge in [-0.3, -0.25) is 0 Å². The van der Waals surface area contributed by atoms with E-state index in [-0.39, 0.29) is 21.4 Å². The molecular weight excluding hydrogens is 308 g/mol. The first kappa shape index (κ1) is 15.3. The van der Waals surface area contributed by atoms with Gasteiger partial charge in [0.05, 0.1) is 5.02 Å². The Hall–Kier alpha value is -0.620. The average molecular weight is 329 g/mol. The van der Waals surface area contributed by atoms with E-state index >= 15 is 0 Å². The molecule has 0 amide bonds. The number of halogens is 1. The summed E-state index contributed by atoms with van der Waals surface area (Å²) < 4.78 is 27.7. The Labute approximate surface area is 131 Å². The molecule has 3 rings (SSSR count). The van der Waals surface area contributed by atoms with Crippen molar-refractivity contribution in [3.8, 4) is 0 Å². The third kappa shape index (κ3) is 3.59. The van der Waals surface area contributed by atoms with Crippen LogP contribution in [-0.2, 0) is 16.6 Å². The third-order valence-electron chi connectivity index (χ3n) is 4.27. The van der Waals surface area contributed by atoms with Gasteiger partial charge in [0.1, 0.15) is 4.90 Å². The lowest BCUT2D eigenvalue weighted by Crippen LogP contribution is -2.29. The lowest BCUT2D eigenvalue weighted by molar-refractivity contribution is 0.555. The smallest absolute Gasteiger partial charge is 0.242 e. The SMILES string of the molecule is CC1(C)CC1NS(=O)(=O)c1cc(CNC2CC2)ccc1Cl. The van der Waals surface area contributed by atoms with Crippen molar-refractivity contribution >= 4 is 21.6 Å². The third-order valence-corrected chi connectivity index (χ3v) is 6.22. The van der Waals surface area contributed by atoms with Crippen LogP contribution in [0.15, 0.2) is 23.1 Å². The zero-order valence-electron chi connectivity index (χ0n) is 12.3. The number of benzene rings is 1. The topological polar surface area (TPSA) is 58.2 Å². The van der Waals surface area contributed by atoms with Crippen LogP contribution in [0.25, 0.3) is 0 Å². The first-order valence-corrected chi connectivity index (χ1v) is 9.18. The fourth-order valence-electron chi connectivity index (χ4n) is 2.33. The van der Waals surface area contributed by atoms with Gasteiger partial charge in [0.2, 0.25) is 10.0 Å². The van der Waals surface area contributed by atoms with E-state index in [0.29, 0.717) is 12.6 Å². The standard InChI is InChI=1S/C15H21ClN2O2S/c1-15(2)8-14(15)18-21(19,20)13-7-10(3-6-12(13)16)9-17-11-4-5-11/h3,6-7,11,14,17-18H,4-5,8-9H2,1-2H3. The summed E-state index contributed by atoms with van der Waals surface area (Å²) in [6.45, 7) is 4.79. The second kappa shape index (κ2) is 5.23. The Bertz CT molecular complexity index is 654. The van der Waals surface area contributed by atoms with Gasteiger partial charge in [-0.25, -0.2) is 13.1 Å². The maximum absolute atomic E-state index is 12.5. The van der Waals surface area contributed by atoms with Gasteiger partial charge in [-0.05, 0) is 42.4 Å². The summed E-state index contributed by atoms with van der Waals surface area (Å²) in [4.78, 5) is 0.182. The lowest BCUT2D eigenvalue weighted by Gasteiger charge is -2.11. The maximum atomic E-state index is 12.5. The van der Waals surface area contributed by atoms with Gasteiger partial charge in [0.25, 0.3) is 0 Å². The van der Waals surface area contributed by atoms with Crippen LogP contribution in [0.4, 0.5) is 0 Å². The van der Waals surface area contributed by atoms with E-state index in [9.17, 15) is 8.42 Å². The molecule has 0 aromatic heterocycles. The molecule has 0 aliphatic heterocycles. The van der Waals surface area contributed by atoms with Crippen molar-refractivity contribution in [3.05, 3.63) is 28.8 Å². The fourth-order valence-corrected chi connectivity index (χ4v) is 4.29. The fraction of sp³-hybridized carbons (Fsp3) is 0.600. The number of nitrogens with one attached hydrogen (secondary N) is 2. The largest absolute Gasteiger partial charge is 0.310 e. The first-order valence-electron chi connectivity index (χ1n) is 7.32. The van der Waals surface area contributed by atoms with Crippen molar-refractivity contribution in [2.24, 2.45) is 5.41 Å².